The third kappa shape index (κ3) is 6.30. The van der Waals surface area contributed by atoms with Gasteiger partial charge in [0.25, 0.3) is 0 Å². The lowest BCUT2D eigenvalue weighted by atomic mass is 9.94. The highest BCUT2D eigenvalue weighted by Gasteiger charge is 2.31. The third-order valence-corrected chi connectivity index (χ3v) is 6.74. The largest absolute Gasteiger partial charge is 0.507 e. The van der Waals surface area contributed by atoms with E-state index >= 15 is 0 Å². The number of nitrogens with zero attached hydrogens (tertiary/aromatic N) is 2. The predicted molar refractivity (Wildman–Crippen MR) is 129 cm³/mol. The van der Waals surface area contributed by atoms with Crippen molar-refractivity contribution < 1.29 is 28.9 Å². The van der Waals surface area contributed by atoms with Crippen LogP contribution >= 0.6 is 0 Å². The highest BCUT2D eigenvalue weighted by atomic mass is 16.5. The Kier molecular flexibility index (Phi) is 9.36. The van der Waals surface area contributed by atoms with E-state index in [4.69, 9.17) is 14.2 Å². The topological polar surface area (TPSA) is 88.5 Å². The first-order chi connectivity index (χ1) is 16.3. The van der Waals surface area contributed by atoms with Crippen molar-refractivity contribution in [3.05, 3.63) is 33.9 Å². The molecule has 1 saturated heterocycles. The molecule has 0 saturated carbocycles. The molecule has 1 aromatic rings. The zero-order valence-electron chi connectivity index (χ0n) is 20.9. The first kappa shape index (κ1) is 26.0. The number of allylic oxidation sites excluding steroid dienone is 2. The molecule has 2 aliphatic rings. The number of carbonyl (C=O) groups is 2. The summed E-state index contributed by atoms with van der Waals surface area (Å²) >= 11 is 0. The molecule has 1 aromatic carbocycles. The van der Waals surface area contributed by atoms with E-state index in [0.717, 1.165) is 44.0 Å². The van der Waals surface area contributed by atoms with E-state index in [1.54, 1.807) is 7.11 Å². The molecule has 0 aliphatic carbocycles. The van der Waals surface area contributed by atoms with Crippen molar-refractivity contribution in [1.29, 1.82) is 0 Å². The summed E-state index contributed by atoms with van der Waals surface area (Å²) < 4.78 is 16.1. The van der Waals surface area contributed by atoms with Crippen LogP contribution in [0.2, 0.25) is 0 Å². The Bertz CT molecular complexity index is 927. The van der Waals surface area contributed by atoms with Crippen molar-refractivity contribution in [3.63, 3.8) is 0 Å². The van der Waals surface area contributed by atoms with Gasteiger partial charge in [-0.25, -0.2) is 4.79 Å². The summed E-state index contributed by atoms with van der Waals surface area (Å²) in [6, 6.07) is 0. The number of cyclic esters (lactones) is 1. The van der Waals surface area contributed by atoms with Crippen LogP contribution in [0.25, 0.3) is 0 Å². The number of esters is 2. The molecule has 0 aromatic heterocycles. The zero-order valence-corrected chi connectivity index (χ0v) is 20.9. The molecule has 2 aliphatic heterocycles. The number of ether oxygens (including phenoxy) is 3. The van der Waals surface area contributed by atoms with Crippen LogP contribution in [0, 0.1) is 6.92 Å². The van der Waals surface area contributed by atoms with Gasteiger partial charge in [0.15, 0.2) is 0 Å². The Labute approximate surface area is 202 Å². The molecule has 34 heavy (non-hydrogen) atoms. The van der Waals surface area contributed by atoms with Crippen LogP contribution in [0.1, 0.15) is 66.6 Å². The monoisotopic (exact) mass is 474 g/mol. The van der Waals surface area contributed by atoms with Crippen LogP contribution in [0.3, 0.4) is 0 Å². The van der Waals surface area contributed by atoms with Crippen molar-refractivity contribution >= 4 is 11.9 Å². The second-order valence-electron chi connectivity index (χ2n) is 9.07. The van der Waals surface area contributed by atoms with Crippen LogP contribution in [-0.2, 0) is 27.3 Å². The first-order valence-electron chi connectivity index (χ1n) is 12.2. The Morgan fingerprint density at radius 2 is 1.94 bits per heavy atom. The average molecular weight is 475 g/mol. The molecular formula is C26H38N2O6. The summed E-state index contributed by atoms with van der Waals surface area (Å²) in [5.74, 6) is -0.233. The fourth-order valence-corrected chi connectivity index (χ4v) is 4.60. The number of fused-ring (bicyclic) bond motifs is 1. The minimum atomic E-state index is -0.509. The average Bonchev–Trinajstić information content (AvgIpc) is 3.07. The normalized spacial score (nSPS) is 17.3. The van der Waals surface area contributed by atoms with Gasteiger partial charge in [-0.3, -0.25) is 14.6 Å². The lowest BCUT2D eigenvalue weighted by molar-refractivity contribution is -0.144. The van der Waals surface area contributed by atoms with Crippen molar-refractivity contribution in [3.8, 4) is 11.5 Å². The fourth-order valence-electron chi connectivity index (χ4n) is 4.60. The minimum Gasteiger partial charge on any atom is -0.507 e. The number of carbonyl (C=O) groups excluding carboxylic acids is 2. The summed E-state index contributed by atoms with van der Waals surface area (Å²) in [4.78, 5) is 29.0. The first-order valence-corrected chi connectivity index (χ1v) is 12.2. The van der Waals surface area contributed by atoms with Gasteiger partial charge in [-0.05, 0) is 64.7 Å². The summed E-state index contributed by atoms with van der Waals surface area (Å²) in [5.41, 5.74) is 3.27. The molecule has 1 N–H and O–H groups in total. The van der Waals surface area contributed by atoms with E-state index in [1.165, 1.54) is 12.8 Å². The summed E-state index contributed by atoms with van der Waals surface area (Å²) in [6.45, 7) is 11.5. The molecular weight excluding hydrogens is 436 g/mol. The Morgan fingerprint density at radius 3 is 2.65 bits per heavy atom. The Hall–Kier alpha value is -2.58. The van der Waals surface area contributed by atoms with E-state index < -0.39 is 5.97 Å². The SMILES string of the molecule is CCN1CCCCN(CCOC(=O)CC/C(C)=C/Cc2c(O)c3c(c(C)c2OC)COC3=O)C1. The Morgan fingerprint density at radius 1 is 1.21 bits per heavy atom. The van der Waals surface area contributed by atoms with Crippen molar-refractivity contribution in [2.45, 2.75) is 59.5 Å². The fraction of sp³-hybridized carbons (Fsp3) is 0.615. The van der Waals surface area contributed by atoms with Gasteiger partial charge in [-0.1, -0.05) is 18.6 Å². The van der Waals surface area contributed by atoms with E-state index in [-0.39, 0.29) is 23.9 Å². The molecule has 8 heteroatoms. The lowest BCUT2D eigenvalue weighted by Gasteiger charge is -2.25. The number of phenolic OH excluding ortho intramolecular Hbond substituents is 1. The van der Waals surface area contributed by atoms with Gasteiger partial charge in [-0.2, -0.15) is 0 Å². The molecule has 1 fully saturated rings. The van der Waals surface area contributed by atoms with Crippen LogP contribution in [0.4, 0.5) is 0 Å². The number of phenols is 1. The minimum absolute atomic E-state index is 0.0847. The number of aromatic hydroxyl groups is 1. The molecule has 8 nitrogen and oxygen atoms in total. The lowest BCUT2D eigenvalue weighted by Crippen LogP contribution is -2.38. The second kappa shape index (κ2) is 12.2. The third-order valence-electron chi connectivity index (χ3n) is 6.74. The van der Waals surface area contributed by atoms with E-state index in [0.29, 0.717) is 42.7 Å². The maximum Gasteiger partial charge on any atom is 0.342 e. The standard InChI is InChI=1S/C26H38N2O6/c1-5-27-12-6-7-13-28(17-27)14-15-33-22(29)11-9-18(2)8-10-20-24(30)23-21(16-34-26(23)31)19(3)25(20)32-4/h8,30H,5-7,9-17H2,1-4H3/b18-8+. The second-order valence-corrected chi connectivity index (χ2v) is 9.07. The van der Waals surface area contributed by atoms with Gasteiger partial charge >= 0.3 is 11.9 Å². The summed E-state index contributed by atoms with van der Waals surface area (Å²) in [6.07, 6.45) is 5.62. The molecule has 2 heterocycles. The molecule has 188 valence electrons. The predicted octanol–water partition coefficient (Wildman–Crippen LogP) is 3.57. The van der Waals surface area contributed by atoms with Crippen LogP contribution in [0.5, 0.6) is 11.5 Å². The van der Waals surface area contributed by atoms with Crippen molar-refractivity contribution in [2.24, 2.45) is 0 Å². The maximum atomic E-state index is 12.2. The van der Waals surface area contributed by atoms with Gasteiger partial charge in [0.05, 0.1) is 13.8 Å². The highest BCUT2D eigenvalue weighted by Crippen LogP contribution is 2.42. The van der Waals surface area contributed by atoms with Crippen molar-refractivity contribution in [2.75, 3.05) is 46.6 Å². The van der Waals surface area contributed by atoms with Gasteiger partial charge < -0.3 is 19.3 Å². The van der Waals surface area contributed by atoms with Gasteiger partial charge in [0.1, 0.15) is 30.3 Å². The summed E-state index contributed by atoms with van der Waals surface area (Å²) in [5, 5.41) is 10.7. The highest BCUT2D eigenvalue weighted by molar-refractivity contribution is 5.98. The smallest absolute Gasteiger partial charge is 0.342 e. The number of methoxy groups -OCH3 is 1. The van der Waals surface area contributed by atoms with E-state index in [9.17, 15) is 14.7 Å². The molecule has 0 atom stereocenters. The van der Waals surface area contributed by atoms with Crippen LogP contribution < -0.4 is 4.74 Å². The zero-order chi connectivity index (χ0) is 24.7. The quantitative estimate of drug-likeness (QED) is 0.407. The molecule has 0 spiro atoms. The molecule has 3 rings (SSSR count). The maximum absolute atomic E-state index is 12.2. The van der Waals surface area contributed by atoms with Gasteiger partial charge in [0, 0.05) is 24.1 Å². The molecule has 0 bridgehead atoms. The van der Waals surface area contributed by atoms with Crippen LogP contribution in [-0.4, -0.2) is 73.4 Å². The number of hydrogen-bond donors (Lipinski definition) is 1. The van der Waals surface area contributed by atoms with Crippen molar-refractivity contribution in [1.82, 2.24) is 9.80 Å². The number of benzene rings is 1. The van der Waals surface area contributed by atoms with Gasteiger partial charge in [0.2, 0.25) is 0 Å². The van der Waals surface area contributed by atoms with E-state index in [1.807, 2.05) is 19.9 Å². The molecule has 0 radical (unpaired) electrons. The number of hydrogen-bond acceptors (Lipinski definition) is 8. The Balaban J connectivity index is 1.49. The molecule has 0 unspecified atom stereocenters. The molecule has 0 amide bonds. The van der Waals surface area contributed by atoms with Crippen LogP contribution in [0.15, 0.2) is 11.6 Å². The van der Waals surface area contributed by atoms with Gasteiger partial charge in [-0.15, -0.1) is 0 Å². The van der Waals surface area contributed by atoms with E-state index in [2.05, 4.69) is 16.7 Å². The number of rotatable bonds is 10. The summed E-state index contributed by atoms with van der Waals surface area (Å²) in [7, 11) is 1.55.